The number of fused-ring (bicyclic) bond motifs is 1. The molecule has 1 aromatic carbocycles. The fourth-order valence-corrected chi connectivity index (χ4v) is 5.78. The van der Waals surface area contributed by atoms with Gasteiger partial charge in [0, 0.05) is 63.1 Å². The summed E-state index contributed by atoms with van der Waals surface area (Å²) in [7, 11) is 1.80. The first-order valence-corrected chi connectivity index (χ1v) is 13.1. The molecule has 0 saturated carbocycles. The second-order valence-corrected chi connectivity index (χ2v) is 10.3. The van der Waals surface area contributed by atoms with Crippen LogP contribution < -0.4 is 10.5 Å². The molecule has 2 fully saturated rings. The highest BCUT2D eigenvalue weighted by Crippen LogP contribution is 2.28. The topological polar surface area (TPSA) is 74.6 Å². The molecule has 0 aliphatic carbocycles. The van der Waals surface area contributed by atoms with Crippen molar-refractivity contribution < 1.29 is 4.79 Å². The van der Waals surface area contributed by atoms with Gasteiger partial charge in [-0.25, -0.2) is 4.98 Å². The van der Waals surface area contributed by atoms with Crippen molar-refractivity contribution in [1.82, 2.24) is 24.3 Å². The number of hydrogen-bond donors (Lipinski definition) is 0. The zero-order valence-corrected chi connectivity index (χ0v) is 21.7. The minimum absolute atomic E-state index is 0.0589. The Bertz CT molecular complexity index is 1300. The maximum absolute atomic E-state index is 13.0. The van der Waals surface area contributed by atoms with Crippen molar-refractivity contribution in [1.29, 1.82) is 0 Å². The lowest BCUT2D eigenvalue weighted by molar-refractivity contribution is 0.0432. The number of pyridine rings is 1. The van der Waals surface area contributed by atoms with Gasteiger partial charge in [-0.2, -0.15) is 4.98 Å². The molecule has 5 rings (SSSR count). The molecule has 190 valence electrons. The number of hydrogen-bond acceptors (Lipinski definition) is 6. The average Bonchev–Trinajstić information content (AvgIpc) is 2.91. The van der Waals surface area contributed by atoms with E-state index in [4.69, 9.17) is 4.98 Å². The summed E-state index contributed by atoms with van der Waals surface area (Å²) in [6.45, 7) is 9.78. The summed E-state index contributed by atoms with van der Waals surface area (Å²) in [5, 5.41) is 0.550. The summed E-state index contributed by atoms with van der Waals surface area (Å²) >= 11 is 0. The Labute approximate surface area is 212 Å². The number of anilines is 1. The number of carbonyl (C=O) groups is 1. The van der Waals surface area contributed by atoms with Crippen molar-refractivity contribution in [3.05, 3.63) is 64.1 Å². The normalized spacial score (nSPS) is 21.8. The maximum Gasteiger partial charge on any atom is 0.264 e. The molecule has 4 heterocycles. The van der Waals surface area contributed by atoms with Gasteiger partial charge < -0.3 is 9.80 Å². The maximum atomic E-state index is 13.0. The summed E-state index contributed by atoms with van der Waals surface area (Å²) in [5.74, 6) is 0.825. The Hall–Kier alpha value is -3.26. The number of likely N-dealkylation sites (tertiary alicyclic amines) is 1. The number of rotatable bonds is 4. The van der Waals surface area contributed by atoms with Crippen LogP contribution in [0.5, 0.6) is 0 Å². The predicted octanol–water partition coefficient (Wildman–Crippen LogP) is 3.23. The van der Waals surface area contributed by atoms with Gasteiger partial charge in [-0.3, -0.25) is 19.1 Å². The van der Waals surface area contributed by atoms with Gasteiger partial charge >= 0.3 is 0 Å². The Morgan fingerprint density at radius 2 is 1.81 bits per heavy atom. The van der Waals surface area contributed by atoms with Crippen LogP contribution in [-0.2, 0) is 7.05 Å². The van der Waals surface area contributed by atoms with Crippen LogP contribution in [-0.4, -0.2) is 74.5 Å². The van der Waals surface area contributed by atoms with Crippen molar-refractivity contribution >= 4 is 22.9 Å². The fourth-order valence-electron chi connectivity index (χ4n) is 5.78. The van der Waals surface area contributed by atoms with Crippen LogP contribution in [0.2, 0.25) is 0 Å². The minimum Gasteiger partial charge on any atom is -0.339 e. The summed E-state index contributed by atoms with van der Waals surface area (Å²) in [5.41, 5.74) is 2.38. The van der Waals surface area contributed by atoms with E-state index in [2.05, 4.69) is 28.6 Å². The highest BCUT2D eigenvalue weighted by Gasteiger charge is 2.38. The number of piperidine rings is 1. The highest BCUT2D eigenvalue weighted by molar-refractivity contribution is 5.94. The van der Waals surface area contributed by atoms with Gasteiger partial charge in [0.1, 0.15) is 0 Å². The third-order valence-electron chi connectivity index (χ3n) is 7.96. The van der Waals surface area contributed by atoms with Gasteiger partial charge in [0.25, 0.3) is 11.5 Å². The monoisotopic (exact) mass is 488 g/mol. The van der Waals surface area contributed by atoms with E-state index in [9.17, 15) is 9.59 Å². The summed E-state index contributed by atoms with van der Waals surface area (Å²) in [6, 6.07) is 12.5. The van der Waals surface area contributed by atoms with E-state index in [-0.39, 0.29) is 17.5 Å². The van der Waals surface area contributed by atoms with E-state index in [1.54, 1.807) is 29.9 Å². The molecule has 0 spiro atoms. The largest absolute Gasteiger partial charge is 0.339 e. The number of aromatic nitrogens is 3. The molecule has 2 aliphatic rings. The van der Waals surface area contributed by atoms with Crippen molar-refractivity contribution in [3.8, 4) is 0 Å². The van der Waals surface area contributed by atoms with E-state index in [0.717, 1.165) is 51.0 Å². The zero-order valence-electron chi connectivity index (χ0n) is 21.7. The molecule has 2 saturated heterocycles. The SMILES string of the molecule is CC[C@H]1CN(c2nc3ncccc3c(=O)n2C)[C@H](C)CN1C1CCN(C(=O)c2ccc(C)cc2)CC1. The van der Waals surface area contributed by atoms with Crippen LogP contribution in [0.15, 0.2) is 47.4 Å². The second kappa shape index (κ2) is 10.0. The van der Waals surface area contributed by atoms with Crippen LogP contribution >= 0.6 is 0 Å². The number of aryl methyl sites for hydroxylation is 1. The first-order chi connectivity index (χ1) is 17.4. The molecular formula is C28H36N6O2. The molecule has 8 nitrogen and oxygen atoms in total. The standard InChI is InChI=1S/C28H36N6O2/c1-5-22-18-33(28-30-25-24(7-6-14-29-25)27(36)31(28)4)20(3)17-34(22)23-12-15-32(16-13-23)26(35)21-10-8-19(2)9-11-21/h6-11,14,20,22-23H,5,12-13,15-18H2,1-4H3/t20-,22+/m1/s1. The van der Waals surface area contributed by atoms with Gasteiger partial charge in [-0.15, -0.1) is 0 Å². The number of piperazine rings is 1. The lowest BCUT2D eigenvalue weighted by Gasteiger charge is -2.50. The van der Waals surface area contributed by atoms with Crippen molar-refractivity contribution in [3.63, 3.8) is 0 Å². The number of carbonyl (C=O) groups excluding carboxylic acids is 1. The predicted molar refractivity (Wildman–Crippen MR) is 142 cm³/mol. The molecule has 36 heavy (non-hydrogen) atoms. The minimum atomic E-state index is -0.0589. The van der Waals surface area contributed by atoms with Crippen molar-refractivity contribution in [2.75, 3.05) is 31.1 Å². The molecule has 2 aromatic heterocycles. The summed E-state index contributed by atoms with van der Waals surface area (Å²) in [6.07, 6.45) is 4.67. The molecule has 0 bridgehead atoms. The molecule has 0 radical (unpaired) electrons. The van der Waals surface area contributed by atoms with E-state index in [1.165, 1.54) is 5.56 Å². The molecular weight excluding hydrogens is 452 g/mol. The quantitative estimate of drug-likeness (QED) is 0.561. The Kier molecular flexibility index (Phi) is 6.79. The van der Waals surface area contributed by atoms with E-state index in [1.807, 2.05) is 36.1 Å². The van der Waals surface area contributed by atoms with Crippen LogP contribution in [0, 0.1) is 6.92 Å². The average molecular weight is 489 g/mol. The number of benzene rings is 1. The summed E-state index contributed by atoms with van der Waals surface area (Å²) in [4.78, 5) is 42.0. The Morgan fingerprint density at radius 3 is 2.50 bits per heavy atom. The molecule has 1 amide bonds. The van der Waals surface area contributed by atoms with Crippen molar-refractivity contribution in [2.45, 2.75) is 58.2 Å². The van der Waals surface area contributed by atoms with Gasteiger partial charge in [0.15, 0.2) is 5.65 Å². The second-order valence-electron chi connectivity index (χ2n) is 10.3. The van der Waals surface area contributed by atoms with Gasteiger partial charge in [-0.1, -0.05) is 24.6 Å². The highest BCUT2D eigenvalue weighted by atomic mass is 16.2. The first kappa shape index (κ1) is 24.4. The molecule has 0 unspecified atom stereocenters. The van der Waals surface area contributed by atoms with Gasteiger partial charge in [0.05, 0.1) is 5.39 Å². The third-order valence-corrected chi connectivity index (χ3v) is 7.96. The van der Waals surface area contributed by atoms with Crippen LogP contribution in [0.3, 0.4) is 0 Å². The fraction of sp³-hybridized carbons (Fsp3) is 0.500. The Morgan fingerprint density at radius 1 is 1.08 bits per heavy atom. The number of amides is 1. The molecule has 8 heteroatoms. The van der Waals surface area contributed by atoms with E-state index in [0.29, 0.717) is 29.1 Å². The zero-order chi connectivity index (χ0) is 25.4. The molecule has 2 atom stereocenters. The van der Waals surface area contributed by atoms with E-state index < -0.39 is 0 Å². The third kappa shape index (κ3) is 4.50. The lowest BCUT2D eigenvalue weighted by atomic mass is 9.96. The molecule has 3 aromatic rings. The van der Waals surface area contributed by atoms with Gasteiger partial charge in [-0.05, 0) is 57.4 Å². The molecule has 0 N–H and O–H groups in total. The Balaban J connectivity index is 1.29. The van der Waals surface area contributed by atoms with Crippen molar-refractivity contribution in [2.24, 2.45) is 7.05 Å². The summed E-state index contributed by atoms with van der Waals surface area (Å²) < 4.78 is 1.66. The lowest BCUT2D eigenvalue weighted by Crippen LogP contribution is -2.62. The van der Waals surface area contributed by atoms with Crippen LogP contribution in [0.4, 0.5) is 5.95 Å². The van der Waals surface area contributed by atoms with E-state index >= 15 is 0 Å². The molecule has 2 aliphatic heterocycles. The van der Waals surface area contributed by atoms with Crippen LogP contribution in [0.1, 0.15) is 49.0 Å². The number of nitrogens with zero attached hydrogens (tertiary/aromatic N) is 6. The smallest absolute Gasteiger partial charge is 0.264 e. The van der Waals surface area contributed by atoms with Gasteiger partial charge in [0.2, 0.25) is 5.95 Å². The first-order valence-electron chi connectivity index (χ1n) is 13.1. The van der Waals surface area contributed by atoms with Crippen LogP contribution in [0.25, 0.3) is 11.0 Å².